The van der Waals surface area contributed by atoms with Gasteiger partial charge in [-0.3, -0.25) is 9.69 Å². The molecule has 1 atom stereocenters. The third-order valence-corrected chi connectivity index (χ3v) is 5.04. The maximum atomic E-state index is 12.5. The Kier molecular flexibility index (Phi) is 5.78. The third kappa shape index (κ3) is 4.55. The van der Waals surface area contributed by atoms with Crippen LogP contribution in [0.4, 0.5) is 5.69 Å². The second-order valence-electron chi connectivity index (χ2n) is 6.92. The summed E-state index contributed by atoms with van der Waals surface area (Å²) in [6.07, 6.45) is 0. The molecule has 0 saturated carbocycles. The van der Waals surface area contributed by atoms with Gasteiger partial charge in [-0.05, 0) is 43.7 Å². The number of hydrogen-bond acceptors (Lipinski definition) is 4. The first-order valence-electron chi connectivity index (χ1n) is 9.14. The predicted octanol–water partition coefficient (Wildman–Crippen LogP) is 2.53. The number of aryl methyl sites for hydroxylation is 1. The highest BCUT2D eigenvalue weighted by atomic mass is 16.3. The minimum Gasteiger partial charge on any atom is -0.508 e. The molecule has 1 unspecified atom stereocenters. The molecule has 1 amide bonds. The Balaban J connectivity index is 1.48. The zero-order chi connectivity index (χ0) is 18.5. The summed E-state index contributed by atoms with van der Waals surface area (Å²) in [5.41, 5.74) is 3.45. The third-order valence-electron chi connectivity index (χ3n) is 5.04. The molecule has 1 aliphatic heterocycles. The number of nitrogens with zero attached hydrogens (tertiary/aromatic N) is 2. The van der Waals surface area contributed by atoms with E-state index in [4.69, 9.17) is 0 Å². The number of aromatic hydroxyl groups is 1. The van der Waals surface area contributed by atoms with Gasteiger partial charge in [0, 0.05) is 38.4 Å². The molecule has 0 radical (unpaired) electrons. The maximum absolute atomic E-state index is 12.5. The lowest BCUT2D eigenvalue weighted by atomic mass is 10.1. The van der Waals surface area contributed by atoms with Crippen LogP contribution in [0.25, 0.3) is 0 Å². The number of hydrogen-bond donors (Lipinski definition) is 2. The van der Waals surface area contributed by atoms with Gasteiger partial charge in [-0.25, -0.2) is 0 Å². The van der Waals surface area contributed by atoms with Crippen LogP contribution < -0.4 is 10.2 Å². The molecule has 0 aromatic heterocycles. The standard InChI is InChI=1S/C21H27N3O2/c1-16-3-5-18(6-4-16)15-22-21(26)17(2)23-11-13-24(14-12-23)19-7-9-20(25)10-8-19/h3-10,17,25H,11-15H2,1-2H3,(H,22,26). The van der Waals surface area contributed by atoms with Crippen molar-refractivity contribution in [3.05, 3.63) is 59.7 Å². The maximum Gasteiger partial charge on any atom is 0.237 e. The smallest absolute Gasteiger partial charge is 0.237 e. The van der Waals surface area contributed by atoms with Crippen molar-refractivity contribution in [2.24, 2.45) is 0 Å². The van der Waals surface area contributed by atoms with Crippen LogP contribution in [0.5, 0.6) is 5.75 Å². The van der Waals surface area contributed by atoms with Gasteiger partial charge in [-0.2, -0.15) is 0 Å². The van der Waals surface area contributed by atoms with E-state index in [-0.39, 0.29) is 17.7 Å². The Morgan fingerprint density at radius 1 is 1.04 bits per heavy atom. The fourth-order valence-corrected chi connectivity index (χ4v) is 3.24. The Labute approximate surface area is 155 Å². The predicted molar refractivity (Wildman–Crippen MR) is 104 cm³/mol. The van der Waals surface area contributed by atoms with Crippen molar-refractivity contribution in [2.75, 3.05) is 31.1 Å². The first-order chi connectivity index (χ1) is 12.5. The summed E-state index contributed by atoms with van der Waals surface area (Å²) < 4.78 is 0. The Morgan fingerprint density at radius 3 is 2.27 bits per heavy atom. The van der Waals surface area contributed by atoms with E-state index in [9.17, 15) is 9.90 Å². The van der Waals surface area contributed by atoms with Crippen LogP contribution in [0.3, 0.4) is 0 Å². The zero-order valence-electron chi connectivity index (χ0n) is 15.5. The number of piperazine rings is 1. The molecular formula is C21H27N3O2. The van der Waals surface area contributed by atoms with Crippen LogP contribution in [0.1, 0.15) is 18.1 Å². The topological polar surface area (TPSA) is 55.8 Å². The van der Waals surface area contributed by atoms with E-state index in [2.05, 4.69) is 46.3 Å². The molecular weight excluding hydrogens is 326 g/mol. The molecule has 138 valence electrons. The highest BCUT2D eigenvalue weighted by molar-refractivity contribution is 5.81. The van der Waals surface area contributed by atoms with E-state index in [0.717, 1.165) is 37.4 Å². The summed E-state index contributed by atoms with van der Waals surface area (Å²) in [5, 5.41) is 12.4. The molecule has 2 aromatic carbocycles. The Morgan fingerprint density at radius 2 is 1.65 bits per heavy atom. The van der Waals surface area contributed by atoms with E-state index in [1.54, 1.807) is 12.1 Å². The molecule has 2 N–H and O–H groups in total. The Bertz CT molecular complexity index is 720. The number of benzene rings is 2. The van der Waals surface area contributed by atoms with Crippen molar-refractivity contribution >= 4 is 11.6 Å². The molecule has 0 spiro atoms. The molecule has 26 heavy (non-hydrogen) atoms. The van der Waals surface area contributed by atoms with Gasteiger partial charge >= 0.3 is 0 Å². The molecule has 0 bridgehead atoms. The number of nitrogens with one attached hydrogen (secondary N) is 1. The van der Waals surface area contributed by atoms with Gasteiger partial charge in [0.1, 0.15) is 5.75 Å². The first-order valence-corrected chi connectivity index (χ1v) is 9.14. The molecule has 2 aromatic rings. The molecule has 0 aliphatic carbocycles. The fraction of sp³-hybridized carbons (Fsp3) is 0.381. The van der Waals surface area contributed by atoms with E-state index in [0.29, 0.717) is 6.54 Å². The average Bonchev–Trinajstić information content (AvgIpc) is 2.67. The summed E-state index contributed by atoms with van der Waals surface area (Å²) in [6.45, 7) is 8.04. The van der Waals surface area contributed by atoms with Crippen LogP contribution in [0, 0.1) is 6.92 Å². The number of carbonyl (C=O) groups is 1. The fourth-order valence-electron chi connectivity index (χ4n) is 3.24. The normalized spacial score (nSPS) is 16.3. The lowest BCUT2D eigenvalue weighted by Crippen LogP contribution is -2.53. The summed E-state index contributed by atoms with van der Waals surface area (Å²) >= 11 is 0. The lowest BCUT2D eigenvalue weighted by molar-refractivity contribution is -0.126. The number of rotatable bonds is 5. The van der Waals surface area contributed by atoms with Crippen molar-refractivity contribution in [3.63, 3.8) is 0 Å². The molecule has 3 rings (SSSR count). The quantitative estimate of drug-likeness (QED) is 0.867. The molecule has 1 heterocycles. The highest BCUT2D eigenvalue weighted by Crippen LogP contribution is 2.20. The average molecular weight is 353 g/mol. The summed E-state index contributed by atoms with van der Waals surface area (Å²) in [6, 6.07) is 15.4. The van der Waals surface area contributed by atoms with Crippen molar-refractivity contribution in [2.45, 2.75) is 26.4 Å². The molecule has 5 heteroatoms. The lowest BCUT2D eigenvalue weighted by Gasteiger charge is -2.38. The van der Waals surface area contributed by atoms with Gasteiger partial charge in [-0.1, -0.05) is 29.8 Å². The minimum atomic E-state index is -0.137. The van der Waals surface area contributed by atoms with Crippen LogP contribution in [-0.4, -0.2) is 48.1 Å². The monoisotopic (exact) mass is 353 g/mol. The van der Waals surface area contributed by atoms with Gasteiger partial charge in [0.05, 0.1) is 6.04 Å². The van der Waals surface area contributed by atoms with Crippen molar-refractivity contribution in [1.29, 1.82) is 0 Å². The molecule has 1 fully saturated rings. The highest BCUT2D eigenvalue weighted by Gasteiger charge is 2.25. The minimum absolute atomic E-state index is 0.0728. The van der Waals surface area contributed by atoms with Crippen molar-refractivity contribution in [3.8, 4) is 5.75 Å². The summed E-state index contributed by atoms with van der Waals surface area (Å²) in [7, 11) is 0. The van der Waals surface area contributed by atoms with E-state index >= 15 is 0 Å². The van der Waals surface area contributed by atoms with Gasteiger partial charge in [-0.15, -0.1) is 0 Å². The van der Waals surface area contributed by atoms with Gasteiger partial charge in [0.25, 0.3) is 0 Å². The van der Waals surface area contributed by atoms with E-state index in [1.165, 1.54) is 5.56 Å². The zero-order valence-corrected chi connectivity index (χ0v) is 15.5. The number of anilines is 1. The second kappa shape index (κ2) is 8.23. The van der Waals surface area contributed by atoms with E-state index < -0.39 is 0 Å². The molecule has 1 saturated heterocycles. The van der Waals surface area contributed by atoms with Gasteiger partial charge in [0.2, 0.25) is 5.91 Å². The summed E-state index contributed by atoms with van der Waals surface area (Å²) in [4.78, 5) is 17.0. The molecule has 5 nitrogen and oxygen atoms in total. The van der Waals surface area contributed by atoms with Crippen LogP contribution in [-0.2, 0) is 11.3 Å². The Hall–Kier alpha value is -2.53. The van der Waals surface area contributed by atoms with E-state index in [1.807, 2.05) is 19.1 Å². The number of carbonyl (C=O) groups excluding carboxylic acids is 1. The number of phenolic OH excluding ortho intramolecular Hbond substituents is 1. The first kappa shape index (κ1) is 18.3. The van der Waals surface area contributed by atoms with Crippen molar-refractivity contribution < 1.29 is 9.90 Å². The van der Waals surface area contributed by atoms with Crippen LogP contribution in [0.15, 0.2) is 48.5 Å². The van der Waals surface area contributed by atoms with Gasteiger partial charge in [0.15, 0.2) is 0 Å². The number of amides is 1. The second-order valence-corrected chi connectivity index (χ2v) is 6.92. The SMILES string of the molecule is Cc1ccc(CNC(=O)C(C)N2CCN(c3ccc(O)cc3)CC2)cc1. The largest absolute Gasteiger partial charge is 0.508 e. The number of phenols is 1. The van der Waals surface area contributed by atoms with Crippen LogP contribution >= 0.6 is 0 Å². The molecule has 1 aliphatic rings. The summed E-state index contributed by atoms with van der Waals surface area (Å²) in [5.74, 6) is 0.356. The van der Waals surface area contributed by atoms with Crippen molar-refractivity contribution in [1.82, 2.24) is 10.2 Å². The van der Waals surface area contributed by atoms with Crippen LogP contribution in [0.2, 0.25) is 0 Å². The van der Waals surface area contributed by atoms with Gasteiger partial charge < -0.3 is 15.3 Å².